The topological polar surface area (TPSA) is 20.2 Å². The van der Waals surface area contributed by atoms with Gasteiger partial charge in [-0.25, -0.2) is 0 Å². The molecule has 0 aromatic carbocycles. The van der Waals surface area contributed by atoms with Crippen molar-refractivity contribution >= 4 is 0 Å². The molecule has 0 aromatic rings. The highest BCUT2D eigenvalue weighted by Gasteiger charge is 2.34. The summed E-state index contributed by atoms with van der Waals surface area (Å²) in [6, 6.07) is 0. The molecular weight excluding hydrogens is 136 g/mol. The van der Waals surface area contributed by atoms with Gasteiger partial charge in [0.25, 0.3) is 0 Å². The third-order valence-electron chi connectivity index (χ3n) is 3.07. The number of hydrogen-bond acceptors (Lipinski definition) is 1. The Hall–Kier alpha value is -0.300. The monoisotopic (exact) mass is 152 g/mol. The molecule has 2 aliphatic carbocycles. The zero-order valence-electron chi connectivity index (χ0n) is 6.97. The second kappa shape index (κ2) is 2.63. The Balaban J connectivity index is 2.22. The van der Waals surface area contributed by atoms with Crippen LogP contribution in [0.4, 0.5) is 0 Å². The lowest BCUT2D eigenvalue weighted by molar-refractivity contribution is 0.0361. The van der Waals surface area contributed by atoms with Crippen LogP contribution in [-0.4, -0.2) is 10.7 Å². The van der Waals surface area contributed by atoms with E-state index in [2.05, 4.69) is 6.08 Å². The van der Waals surface area contributed by atoms with Crippen molar-refractivity contribution in [3.63, 3.8) is 0 Å². The highest BCUT2D eigenvalue weighted by atomic mass is 16.3. The first kappa shape index (κ1) is 7.35. The molecule has 2 rings (SSSR count). The molecule has 1 atom stereocenters. The van der Waals surface area contributed by atoms with Crippen molar-refractivity contribution in [2.75, 3.05) is 0 Å². The summed E-state index contributed by atoms with van der Waals surface area (Å²) < 4.78 is 0. The molecule has 1 fully saturated rings. The maximum absolute atomic E-state index is 10.1. The lowest BCUT2D eigenvalue weighted by Gasteiger charge is -2.37. The van der Waals surface area contributed by atoms with Gasteiger partial charge in [0, 0.05) is 0 Å². The smallest absolute Gasteiger partial charge is 0.0856 e. The Labute approximate surface area is 68.1 Å². The van der Waals surface area contributed by atoms with Gasteiger partial charge in [-0.1, -0.05) is 6.08 Å². The molecule has 0 radical (unpaired) electrons. The van der Waals surface area contributed by atoms with E-state index >= 15 is 0 Å². The van der Waals surface area contributed by atoms with Crippen LogP contribution in [0.2, 0.25) is 0 Å². The molecule has 0 aromatic heterocycles. The molecule has 0 amide bonds. The molecule has 1 saturated carbocycles. The lowest BCUT2D eigenvalue weighted by atomic mass is 9.74. The highest BCUT2D eigenvalue weighted by molar-refractivity contribution is 5.21. The van der Waals surface area contributed by atoms with Crippen molar-refractivity contribution in [3.8, 4) is 0 Å². The minimum Gasteiger partial charge on any atom is -0.386 e. The van der Waals surface area contributed by atoms with E-state index in [4.69, 9.17) is 0 Å². The van der Waals surface area contributed by atoms with Crippen LogP contribution >= 0.6 is 0 Å². The summed E-state index contributed by atoms with van der Waals surface area (Å²) in [5, 5.41) is 10.1. The second-order valence-corrected chi connectivity index (χ2v) is 3.86. The Morgan fingerprint density at radius 3 is 2.82 bits per heavy atom. The van der Waals surface area contributed by atoms with Gasteiger partial charge >= 0.3 is 0 Å². The summed E-state index contributed by atoms with van der Waals surface area (Å²) >= 11 is 0. The highest BCUT2D eigenvalue weighted by Crippen LogP contribution is 2.39. The summed E-state index contributed by atoms with van der Waals surface area (Å²) in [5.74, 6) is 0. The minimum atomic E-state index is -0.365. The zero-order chi connectivity index (χ0) is 7.73. The Morgan fingerprint density at radius 1 is 1.18 bits per heavy atom. The molecule has 0 bridgehead atoms. The van der Waals surface area contributed by atoms with E-state index in [1.165, 1.54) is 31.3 Å². The molecule has 1 heteroatoms. The van der Waals surface area contributed by atoms with E-state index in [-0.39, 0.29) is 5.60 Å². The first-order valence-electron chi connectivity index (χ1n) is 4.73. The van der Waals surface area contributed by atoms with Gasteiger partial charge in [-0.15, -0.1) is 0 Å². The molecule has 1 nitrogen and oxygen atoms in total. The van der Waals surface area contributed by atoms with E-state index in [9.17, 15) is 5.11 Å². The minimum absolute atomic E-state index is 0.365. The first-order valence-corrected chi connectivity index (χ1v) is 4.73. The average molecular weight is 152 g/mol. The van der Waals surface area contributed by atoms with E-state index < -0.39 is 0 Å². The molecule has 62 valence electrons. The zero-order valence-corrected chi connectivity index (χ0v) is 6.97. The van der Waals surface area contributed by atoms with Gasteiger partial charge in [0.2, 0.25) is 0 Å². The molecule has 11 heavy (non-hydrogen) atoms. The molecular formula is C10H16O. The predicted octanol–water partition coefficient (Wildman–Crippen LogP) is 2.40. The van der Waals surface area contributed by atoms with Crippen LogP contribution in [0.1, 0.15) is 44.9 Å². The third-order valence-corrected chi connectivity index (χ3v) is 3.07. The van der Waals surface area contributed by atoms with E-state index in [0.29, 0.717) is 0 Å². The largest absolute Gasteiger partial charge is 0.386 e. The van der Waals surface area contributed by atoms with E-state index in [1.54, 1.807) is 0 Å². The molecule has 0 saturated heterocycles. The van der Waals surface area contributed by atoms with Gasteiger partial charge in [-0.2, -0.15) is 0 Å². The molecule has 0 spiro atoms. The van der Waals surface area contributed by atoms with Crippen molar-refractivity contribution in [3.05, 3.63) is 11.6 Å². The van der Waals surface area contributed by atoms with Gasteiger partial charge in [-0.05, 0) is 50.5 Å². The summed E-state index contributed by atoms with van der Waals surface area (Å²) in [7, 11) is 0. The molecule has 0 heterocycles. The average Bonchev–Trinajstić information content (AvgIpc) is 2.03. The quantitative estimate of drug-likeness (QED) is 0.528. The van der Waals surface area contributed by atoms with Gasteiger partial charge < -0.3 is 5.11 Å². The van der Waals surface area contributed by atoms with Gasteiger partial charge in [0.05, 0.1) is 5.60 Å². The van der Waals surface area contributed by atoms with Gasteiger partial charge in [0.1, 0.15) is 0 Å². The van der Waals surface area contributed by atoms with Crippen LogP contribution < -0.4 is 0 Å². The van der Waals surface area contributed by atoms with E-state index in [0.717, 1.165) is 19.3 Å². The maximum Gasteiger partial charge on any atom is 0.0856 e. The molecule has 0 unspecified atom stereocenters. The fraction of sp³-hybridized carbons (Fsp3) is 0.800. The summed E-state index contributed by atoms with van der Waals surface area (Å²) in [5.41, 5.74) is 0.978. The van der Waals surface area contributed by atoms with Gasteiger partial charge in [0.15, 0.2) is 0 Å². The Kier molecular flexibility index (Phi) is 1.76. The normalized spacial score (nSPS) is 37.7. The van der Waals surface area contributed by atoms with Crippen LogP contribution in [-0.2, 0) is 0 Å². The molecule has 2 aliphatic rings. The number of rotatable bonds is 0. The fourth-order valence-corrected chi connectivity index (χ4v) is 2.37. The van der Waals surface area contributed by atoms with Crippen LogP contribution in [0, 0.1) is 0 Å². The first-order chi connectivity index (χ1) is 5.31. The maximum atomic E-state index is 10.1. The summed E-state index contributed by atoms with van der Waals surface area (Å²) in [6.45, 7) is 0. The second-order valence-electron chi connectivity index (χ2n) is 3.86. The lowest BCUT2D eigenvalue weighted by Crippen LogP contribution is -2.35. The standard InChI is InChI=1S/C10H16O/c11-10-7-3-1-5-9(10)6-2-4-8-10/h5,11H,1-4,6-8H2/t10-/m0/s1. The van der Waals surface area contributed by atoms with E-state index in [1.807, 2.05) is 0 Å². The number of aliphatic hydroxyl groups is 1. The van der Waals surface area contributed by atoms with Crippen molar-refractivity contribution < 1.29 is 5.11 Å². The van der Waals surface area contributed by atoms with Crippen molar-refractivity contribution in [2.24, 2.45) is 0 Å². The SMILES string of the molecule is O[C@]12CCCC=C1CCCC2. The summed E-state index contributed by atoms with van der Waals surface area (Å²) in [4.78, 5) is 0. The molecule has 0 aliphatic heterocycles. The predicted molar refractivity (Wildman–Crippen MR) is 45.4 cm³/mol. The molecule has 1 N–H and O–H groups in total. The number of fused-ring (bicyclic) bond motifs is 1. The Bertz CT molecular complexity index is 183. The van der Waals surface area contributed by atoms with Crippen LogP contribution in [0.5, 0.6) is 0 Å². The Morgan fingerprint density at radius 2 is 2.00 bits per heavy atom. The van der Waals surface area contributed by atoms with Crippen molar-refractivity contribution in [1.29, 1.82) is 0 Å². The third kappa shape index (κ3) is 1.22. The van der Waals surface area contributed by atoms with Crippen LogP contribution in [0.25, 0.3) is 0 Å². The van der Waals surface area contributed by atoms with Crippen LogP contribution in [0.3, 0.4) is 0 Å². The van der Waals surface area contributed by atoms with Crippen molar-refractivity contribution in [1.82, 2.24) is 0 Å². The summed E-state index contributed by atoms with van der Waals surface area (Å²) in [6.07, 6.45) is 10.3. The number of allylic oxidation sites excluding steroid dienone is 1. The van der Waals surface area contributed by atoms with Crippen LogP contribution in [0.15, 0.2) is 11.6 Å². The fourth-order valence-electron chi connectivity index (χ4n) is 2.37. The van der Waals surface area contributed by atoms with Crippen molar-refractivity contribution in [2.45, 2.75) is 50.5 Å². The number of hydrogen-bond donors (Lipinski definition) is 1. The van der Waals surface area contributed by atoms with Gasteiger partial charge in [-0.3, -0.25) is 0 Å².